The number of halogens is 1. The van der Waals surface area contributed by atoms with Crippen LogP contribution < -0.4 is 11.0 Å². The van der Waals surface area contributed by atoms with Gasteiger partial charge in [0.15, 0.2) is 0 Å². The molecule has 5 heteroatoms. The van der Waals surface area contributed by atoms with E-state index in [1.54, 1.807) is 32.2 Å². The number of hydrogen-bond acceptors (Lipinski definition) is 3. The number of benzene rings is 1. The van der Waals surface area contributed by atoms with Crippen molar-refractivity contribution in [3.63, 3.8) is 0 Å². The van der Waals surface area contributed by atoms with E-state index in [4.69, 9.17) is 11.6 Å². The van der Waals surface area contributed by atoms with Crippen molar-refractivity contribution in [1.82, 2.24) is 9.66 Å². The molecular formula is C10H10ClN3O. The highest BCUT2D eigenvalue weighted by Gasteiger charge is 2.06. The summed E-state index contributed by atoms with van der Waals surface area (Å²) in [5.74, 6) is 0.623. The minimum absolute atomic E-state index is 0.137. The number of hydrogen-bond donors (Lipinski definition) is 1. The van der Waals surface area contributed by atoms with E-state index in [2.05, 4.69) is 10.4 Å². The normalized spacial score (nSPS) is 10.6. The van der Waals surface area contributed by atoms with Crippen LogP contribution in [0.2, 0.25) is 5.02 Å². The predicted octanol–water partition coefficient (Wildman–Crippen LogP) is 1.53. The van der Waals surface area contributed by atoms with Gasteiger partial charge in [-0.2, -0.15) is 0 Å². The summed E-state index contributed by atoms with van der Waals surface area (Å²) in [6.07, 6.45) is 0. The van der Waals surface area contributed by atoms with Gasteiger partial charge >= 0.3 is 0 Å². The fraction of sp³-hybridized carbons (Fsp3) is 0.200. The molecule has 1 aromatic heterocycles. The zero-order valence-electron chi connectivity index (χ0n) is 8.41. The Hall–Kier alpha value is -1.55. The third-order valence-electron chi connectivity index (χ3n) is 2.22. The Balaban J connectivity index is 2.92. The van der Waals surface area contributed by atoms with Crippen LogP contribution in [0.3, 0.4) is 0 Å². The lowest BCUT2D eigenvalue weighted by Gasteiger charge is -2.09. The first kappa shape index (κ1) is 9.98. The van der Waals surface area contributed by atoms with Crippen molar-refractivity contribution in [3.8, 4) is 0 Å². The van der Waals surface area contributed by atoms with Gasteiger partial charge in [-0.25, -0.2) is 9.66 Å². The fourth-order valence-electron chi connectivity index (χ4n) is 1.53. The smallest absolute Gasteiger partial charge is 0.279 e. The monoisotopic (exact) mass is 223 g/mol. The summed E-state index contributed by atoms with van der Waals surface area (Å²) < 4.78 is 1.39. The lowest BCUT2D eigenvalue weighted by Crippen LogP contribution is -2.29. The van der Waals surface area contributed by atoms with Crippen LogP contribution in [0, 0.1) is 6.92 Å². The van der Waals surface area contributed by atoms with Crippen molar-refractivity contribution >= 4 is 22.5 Å². The van der Waals surface area contributed by atoms with Gasteiger partial charge in [-0.1, -0.05) is 11.6 Å². The molecule has 2 rings (SSSR count). The van der Waals surface area contributed by atoms with Crippen LogP contribution in [0.1, 0.15) is 5.82 Å². The van der Waals surface area contributed by atoms with Gasteiger partial charge < -0.3 is 5.43 Å². The van der Waals surface area contributed by atoms with E-state index in [1.165, 1.54) is 4.68 Å². The second-order valence-electron chi connectivity index (χ2n) is 3.18. The van der Waals surface area contributed by atoms with Crippen molar-refractivity contribution < 1.29 is 0 Å². The highest BCUT2D eigenvalue weighted by Crippen LogP contribution is 2.14. The Labute approximate surface area is 91.5 Å². The molecule has 0 bridgehead atoms. The highest BCUT2D eigenvalue weighted by atomic mass is 35.5. The van der Waals surface area contributed by atoms with E-state index in [9.17, 15) is 4.79 Å². The molecule has 0 aliphatic rings. The van der Waals surface area contributed by atoms with Crippen LogP contribution in [-0.4, -0.2) is 16.7 Å². The summed E-state index contributed by atoms with van der Waals surface area (Å²) in [6.45, 7) is 1.77. The molecule has 1 aromatic carbocycles. The number of aromatic nitrogens is 2. The molecule has 2 aromatic rings. The van der Waals surface area contributed by atoms with E-state index in [1.807, 2.05) is 0 Å². The minimum atomic E-state index is -0.137. The topological polar surface area (TPSA) is 46.9 Å². The SMILES string of the molecule is CNn1c(C)nc2ccc(Cl)cc2c1=O. The van der Waals surface area contributed by atoms with Gasteiger partial charge in [-0.3, -0.25) is 4.79 Å². The zero-order valence-corrected chi connectivity index (χ0v) is 9.17. The Morgan fingerprint density at radius 3 is 2.87 bits per heavy atom. The Morgan fingerprint density at radius 1 is 1.47 bits per heavy atom. The Morgan fingerprint density at radius 2 is 2.20 bits per heavy atom. The number of fused-ring (bicyclic) bond motifs is 1. The number of rotatable bonds is 1. The van der Waals surface area contributed by atoms with Crippen LogP contribution in [0.15, 0.2) is 23.0 Å². The van der Waals surface area contributed by atoms with E-state index >= 15 is 0 Å². The van der Waals surface area contributed by atoms with E-state index in [-0.39, 0.29) is 5.56 Å². The van der Waals surface area contributed by atoms with Gasteiger partial charge in [-0.15, -0.1) is 0 Å². The molecule has 0 saturated heterocycles. The van der Waals surface area contributed by atoms with Gasteiger partial charge in [0.1, 0.15) is 5.82 Å². The Bertz CT molecular complexity index is 577. The third-order valence-corrected chi connectivity index (χ3v) is 2.46. The van der Waals surface area contributed by atoms with Gasteiger partial charge in [0, 0.05) is 12.1 Å². The summed E-state index contributed by atoms with van der Waals surface area (Å²) in [4.78, 5) is 16.2. The summed E-state index contributed by atoms with van der Waals surface area (Å²) in [7, 11) is 1.67. The zero-order chi connectivity index (χ0) is 11.0. The van der Waals surface area contributed by atoms with E-state index in [0.29, 0.717) is 21.7 Å². The highest BCUT2D eigenvalue weighted by molar-refractivity contribution is 6.31. The summed E-state index contributed by atoms with van der Waals surface area (Å²) >= 11 is 5.83. The van der Waals surface area contributed by atoms with Gasteiger partial charge in [0.05, 0.1) is 10.9 Å². The summed E-state index contributed by atoms with van der Waals surface area (Å²) in [5, 5.41) is 1.05. The average Bonchev–Trinajstić information content (AvgIpc) is 2.20. The molecule has 0 atom stereocenters. The maximum atomic E-state index is 11.9. The standard InChI is InChI=1S/C10H10ClN3O/c1-6-13-9-4-3-7(11)5-8(9)10(15)14(6)12-2/h3-5,12H,1-2H3. The molecule has 0 unspecified atom stereocenters. The van der Waals surface area contributed by atoms with Crippen LogP contribution >= 0.6 is 11.6 Å². The molecule has 1 heterocycles. The van der Waals surface area contributed by atoms with Crippen molar-refractivity contribution in [3.05, 3.63) is 39.4 Å². The third kappa shape index (κ3) is 1.57. The van der Waals surface area contributed by atoms with Gasteiger partial charge in [-0.05, 0) is 25.1 Å². The van der Waals surface area contributed by atoms with Crippen LogP contribution in [0.25, 0.3) is 10.9 Å². The molecule has 0 aliphatic heterocycles. The van der Waals surface area contributed by atoms with Crippen LogP contribution in [-0.2, 0) is 0 Å². The molecule has 0 amide bonds. The number of nitrogens with zero attached hydrogens (tertiary/aromatic N) is 2. The summed E-state index contributed by atoms with van der Waals surface area (Å²) in [6, 6.07) is 5.09. The lowest BCUT2D eigenvalue weighted by molar-refractivity contribution is 0.805. The lowest BCUT2D eigenvalue weighted by atomic mass is 10.2. The molecule has 0 saturated carbocycles. The molecule has 0 spiro atoms. The van der Waals surface area contributed by atoms with Crippen molar-refractivity contribution in [1.29, 1.82) is 0 Å². The molecule has 1 N–H and O–H groups in total. The number of nitrogens with one attached hydrogen (secondary N) is 1. The largest absolute Gasteiger partial charge is 0.325 e. The van der Waals surface area contributed by atoms with Crippen LogP contribution in [0.4, 0.5) is 0 Å². The minimum Gasteiger partial charge on any atom is -0.325 e. The second-order valence-corrected chi connectivity index (χ2v) is 3.62. The Kier molecular flexibility index (Phi) is 2.36. The van der Waals surface area contributed by atoms with Crippen molar-refractivity contribution in [2.24, 2.45) is 0 Å². The van der Waals surface area contributed by atoms with E-state index < -0.39 is 0 Å². The molecule has 0 fully saturated rings. The van der Waals surface area contributed by atoms with E-state index in [0.717, 1.165) is 0 Å². The molecule has 78 valence electrons. The molecular weight excluding hydrogens is 214 g/mol. The first-order chi connectivity index (χ1) is 7.13. The maximum absolute atomic E-state index is 11.9. The molecule has 0 aliphatic carbocycles. The molecule has 15 heavy (non-hydrogen) atoms. The van der Waals surface area contributed by atoms with Gasteiger partial charge in [0.2, 0.25) is 0 Å². The summed E-state index contributed by atoms with van der Waals surface area (Å²) in [5.41, 5.74) is 3.30. The fourth-order valence-corrected chi connectivity index (χ4v) is 1.70. The first-order valence-corrected chi connectivity index (χ1v) is 4.88. The van der Waals surface area contributed by atoms with Crippen molar-refractivity contribution in [2.75, 3.05) is 12.5 Å². The average molecular weight is 224 g/mol. The first-order valence-electron chi connectivity index (χ1n) is 4.50. The van der Waals surface area contributed by atoms with Crippen LogP contribution in [0.5, 0.6) is 0 Å². The van der Waals surface area contributed by atoms with Gasteiger partial charge in [0.25, 0.3) is 5.56 Å². The number of aryl methyl sites for hydroxylation is 1. The predicted molar refractivity (Wildman–Crippen MR) is 61.0 cm³/mol. The molecule has 4 nitrogen and oxygen atoms in total. The quantitative estimate of drug-likeness (QED) is 0.798. The van der Waals surface area contributed by atoms with Crippen molar-refractivity contribution in [2.45, 2.75) is 6.92 Å². The maximum Gasteiger partial charge on any atom is 0.279 e. The molecule has 0 radical (unpaired) electrons. The second kappa shape index (κ2) is 3.55.